The second-order valence-corrected chi connectivity index (χ2v) is 3.66. The smallest absolute Gasteiger partial charge is 0.353 e. The van der Waals surface area contributed by atoms with Gasteiger partial charge < -0.3 is 10.6 Å². The lowest BCUT2D eigenvalue weighted by Crippen LogP contribution is -2.37. The van der Waals surface area contributed by atoms with E-state index in [4.69, 9.17) is 0 Å². The van der Waals surface area contributed by atoms with E-state index in [2.05, 4.69) is 11.9 Å². The number of amides is 2. The Hall–Kier alpha value is -1.53. The van der Waals surface area contributed by atoms with E-state index in [1.165, 1.54) is 6.08 Å². The highest BCUT2D eigenvalue weighted by atomic mass is 19.4. The van der Waals surface area contributed by atoms with Gasteiger partial charge in [-0.25, -0.2) is 0 Å². The van der Waals surface area contributed by atoms with Crippen molar-refractivity contribution in [1.82, 2.24) is 10.6 Å². The average Bonchev–Trinajstić information content (AvgIpc) is 2.30. The number of carbonyl (C=O) groups is 2. The minimum absolute atomic E-state index is 0.0113. The molecule has 0 aliphatic heterocycles. The fourth-order valence-electron chi connectivity index (χ4n) is 1.19. The standard InChI is InChI=1S/C11H17F3N2O2/c1-2-9(17)15-7-5-3-4-6-8-16-10(18)11(12,13)14/h2H,1,3-8H2,(H,15,17)(H,16,18). The van der Waals surface area contributed by atoms with Gasteiger partial charge in [-0.15, -0.1) is 0 Å². The number of hydrogen-bond acceptors (Lipinski definition) is 2. The first-order valence-electron chi connectivity index (χ1n) is 5.63. The molecule has 0 aliphatic carbocycles. The highest BCUT2D eigenvalue weighted by molar-refractivity contribution is 5.86. The van der Waals surface area contributed by atoms with Crippen molar-refractivity contribution in [2.45, 2.75) is 31.9 Å². The molecule has 2 N–H and O–H groups in total. The third-order valence-electron chi connectivity index (χ3n) is 2.13. The second kappa shape index (κ2) is 8.54. The van der Waals surface area contributed by atoms with Crippen molar-refractivity contribution >= 4 is 11.8 Å². The Kier molecular flexibility index (Phi) is 7.82. The number of hydrogen-bond donors (Lipinski definition) is 2. The fourth-order valence-corrected chi connectivity index (χ4v) is 1.19. The third kappa shape index (κ3) is 8.60. The van der Waals surface area contributed by atoms with Crippen LogP contribution in [-0.4, -0.2) is 31.1 Å². The van der Waals surface area contributed by atoms with Crippen LogP contribution in [0.5, 0.6) is 0 Å². The molecule has 0 heterocycles. The molecule has 2 amide bonds. The lowest BCUT2D eigenvalue weighted by atomic mass is 10.2. The summed E-state index contributed by atoms with van der Waals surface area (Å²) in [6.45, 7) is 3.82. The number of carbonyl (C=O) groups excluding carboxylic acids is 2. The SMILES string of the molecule is C=CC(=O)NCCCCCCNC(=O)C(F)(F)F. The number of alkyl halides is 3. The molecule has 0 radical (unpaired) electrons. The quantitative estimate of drug-likeness (QED) is 0.517. The molecule has 0 rings (SSSR count). The van der Waals surface area contributed by atoms with Crippen LogP contribution in [0.3, 0.4) is 0 Å². The first-order valence-corrected chi connectivity index (χ1v) is 5.63. The van der Waals surface area contributed by atoms with Crippen LogP contribution in [0.1, 0.15) is 25.7 Å². The molecule has 0 aromatic rings. The predicted molar refractivity (Wildman–Crippen MR) is 60.7 cm³/mol. The molecule has 0 aromatic carbocycles. The molecule has 0 aliphatic rings. The van der Waals surface area contributed by atoms with Gasteiger partial charge in [-0.3, -0.25) is 9.59 Å². The Bertz CT molecular complexity index is 291. The zero-order valence-electron chi connectivity index (χ0n) is 9.98. The zero-order valence-corrected chi connectivity index (χ0v) is 9.98. The van der Waals surface area contributed by atoms with Crippen LogP contribution in [0.4, 0.5) is 13.2 Å². The van der Waals surface area contributed by atoms with Crippen LogP contribution in [0.2, 0.25) is 0 Å². The Labute approximate surface area is 104 Å². The Morgan fingerprint density at radius 3 is 1.94 bits per heavy atom. The van der Waals surface area contributed by atoms with E-state index in [9.17, 15) is 22.8 Å². The number of nitrogens with one attached hydrogen (secondary N) is 2. The largest absolute Gasteiger partial charge is 0.471 e. The number of unbranched alkanes of at least 4 members (excludes halogenated alkanes) is 3. The number of halogens is 3. The second-order valence-electron chi connectivity index (χ2n) is 3.66. The molecule has 0 spiro atoms. The van der Waals surface area contributed by atoms with Gasteiger partial charge in [-0.1, -0.05) is 19.4 Å². The van der Waals surface area contributed by atoms with E-state index < -0.39 is 12.1 Å². The van der Waals surface area contributed by atoms with Gasteiger partial charge in [-0.05, 0) is 18.9 Å². The monoisotopic (exact) mass is 266 g/mol. The van der Waals surface area contributed by atoms with Gasteiger partial charge in [0.25, 0.3) is 0 Å². The van der Waals surface area contributed by atoms with Crippen molar-refractivity contribution in [1.29, 1.82) is 0 Å². The molecule has 0 saturated heterocycles. The van der Waals surface area contributed by atoms with Gasteiger partial charge in [0.2, 0.25) is 5.91 Å². The van der Waals surface area contributed by atoms with Gasteiger partial charge in [0.05, 0.1) is 0 Å². The summed E-state index contributed by atoms with van der Waals surface area (Å²) in [5.74, 6) is -2.15. The van der Waals surface area contributed by atoms with E-state index in [1.807, 2.05) is 0 Å². The Balaban J connectivity index is 3.34. The summed E-state index contributed by atoms with van der Waals surface area (Å²) in [6.07, 6.45) is -0.937. The molecule has 7 heteroatoms. The summed E-state index contributed by atoms with van der Waals surface area (Å²) in [7, 11) is 0. The van der Waals surface area contributed by atoms with Crippen LogP contribution in [0, 0.1) is 0 Å². The van der Waals surface area contributed by atoms with E-state index in [1.54, 1.807) is 5.32 Å². The van der Waals surface area contributed by atoms with Crippen LogP contribution in [0.15, 0.2) is 12.7 Å². The minimum Gasteiger partial charge on any atom is -0.353 e. The fraction of sp³-hybridized carbons (Fsp3) is 0.636. The summed E-state index contributed by atoms with van der Waals surface area (Å²) < 4.78 is 35.3. The molecule has 104 valence electrons. The zero-order chi connectivity index (χ0) is 14.0. The maximum absolute atomic E-state index is 11.8. The molecule has 18 heavy (non-hydrogen) atoms. The van der Waals surface area contributed by atoms with Crippen molar-refractivity contribution in [3.63, 3.8) is 0 Å². The van der Waals surface area contributed by atoms with Crippen molar-refractivity contribution in [3.05, 3.63) is 12.7 Å². The maximum atomic E-state index is 11.8. The summed E-state index contributed by atoms with van der Waals surface area (Å²) in [6, 6.07) is 0. The Morgan fingerprint density at radius 1 is 1.00 bits per heavy atom. The lowest BCUT2D eigenvalue weighted by molar-refractivity contribution is -0.173. The topological polar surface area (TPSA) is 58.2 Å². The van der Waals surface area contributed by atoms with E-state index >= 15 is 0 Å². The highest BCUT2D eigenvalue weighted by Crippen LogP contribution is 2.13. The molecule has 0 aromatic heterocycles. The molecule has 0 fully saturated rings. The highest BCUT2D eigenvalue weighted by Gasteiger charge is 2.38. The van der Waals surface area contributed by atoms with Crippen molar-refractivity contribution in [2.75, 3.05) is 13.1 Å². The van der Waals surface area contributed by atoms with E-state index in [-0.39, 0.29) is 12.5 Å². The molecule has 0 atom stereocenters. The molecule has 4 nitrogen and oxygen atoms in total. The summed E-state index contributed by atoms with van der Waals surface area (Å²) >= 11 is 0. The van der Waals surface area contributed by atoms with Crippen LogP contribution in [-0.2, 0) is 9.59 Å². The molecular formula is C11H17F3N2O2. The van der Waals surface area contributed by atoms with E-state index in [0.29, 0.717) is 19.4 Å². The van der Waals surface area contributed by atoms with Gasteiger partial charge in [0.1, 0.15) is 0 Å². The Morgan fingerprint density at radius 2 is 1.50 bits per heavy atom. The van der Waals surface area contributed by atoms with Gasteiger partial charge in [-0.2, -0.15) is 13.2 Å². The third-order valence-corrected chi connectivity index (χ3v) is 2.13. The molecule has 0 unspecified atom stereocenters. The molecule has 0 saturated carbocycles. The summed E-state index contributed by atoms with van der Waals surface area (Å²) in [5.41, 5.74) is 0. The summed E-state index contributed by atoms with van der Waals surface area (Å²) in [5, 5.41) is 4.38. The lowest BCUT2D eigenvalue weighted by Gasteiger charge is -2.07. The molecule has 0 bridgehead atoms. The van der Waals surface area contributed by atoms with Crippen LogP contribution in [0.25, 0.3) is 0 Å². The van der Waals surface area contributed by atoms with Crippen molar-refractivity contribution in [3.8, 4) is 0 Å². The van der Waals surface area contributed by atoms with Gasteiger partial charge in [0.15, 0.2) is 0 Å². The van der Waals surface area contributed by atoms with E-state index in [0.717, 1.165) is 12.8 Å². The van der Waals surface area contributed by atoms with Gasteiger partial charge >= 0.3 is 12.1 Å². The normalized spacial score (nSPS) is 10.8. The number of rotatable bonds is 8. The predicted octanol–water partition coefficient (Wildman–Crippen LogP) is 1.53. The first kappa shape index (κ1) is 16.5. The maximum Gasteiger partial charge on any atom is 0.471 e. The summed E-state index contributed by atoms with van der Waals surface area (Å²) in [4.78, 5) is 21.1. The average molecular weight is 266 g/mol. The van der Waals surface area contributed by atoms with Gasteiger partial charge in [0, 0.05) is 13.1 Å². The minimum atomic E-state index is -4.81. The molecular weight excluding hydrogens is 249 g/mol. The first-order chi connectivity index (χ1) is 8.38. The van der Waals surface area contributed by atoms with Crippen LogP contribution < -0.4 is 10.6 Å². The van der Waals surface area contributed by atoms with Crippen LogP contribution >= 0.6 is 0 Å². The van der Waals surface area contributed by atoms with Crippen molar-refractivity contribution < 1.29 is 22.8 Å². The van der Waals surface area contributed by atoms with Crippen molar-refractivity contribution in [2.24, 2.45) is 0 Å².